The molecule has 10 heteroatoms. The SMILES string of the molecule is CCCC(=O)NC1[B]Oc2c(C(=O)OCOC(=O)C(C)(C)C)cc(Cl)c(Cl)c2C1. The van der Waals surface area contributed by atoms with Gasteiger partial charge < -0.3 is 19.4 Å². The molecule has 1 N–H and O–H groups in total. The Morgan fingerprint density at radius 3 is 2.59 bits per heavy atom. The first kappa shape index (κ1) is 23.4. The fraction of sp³-hybridized carbons (Fsp3) is 0.526. The van der Waals surface area contributed by atoms with Crippen molar-refractivity contribution in [1.82, 2.24) is 5.32 Å². The van der Waals surface area contributed by atoms with Crippen LogP contribution in [0.15, 0.2) is 6.07 Å². The molecule has 2 rings (SSSR count). The Kier molecular flexibility index (Phi) is 7.83. The Labute approximate surface area is 180 Å². The highest BCUT2D eigenvalue weighted by atomic mass is 35.5. The molecule has 1 heterocycles. The van der Waals surface area contributed by atoms with E-state index >= 15 is 0 Å². The van der Waals surface area contributed by atoms with Crippen LogP contribution in [0.2, 0.25) is 10.0 Å². The second kappa shape index (κ2) is 9.72. The van der Waals surface area contributed by atoms with Crippen molar-refractivity contribution >= 4 is 48.5 Å². The van der Waals surface area contributed by atoms with Crippen LogP contribution >= 0.6 is 23.2 Å². The number of hydrogen-bond donors (Lipinski definition) is 1. The minimum Gasteiger partial charge on any atom is -0.560 e. The maximum absolute atomic E-state index is 12.5. The number of halogens is 2. The van der Waals surface area contributed by atoms with E-state index in [2.05, 4.69) is 5.32 Å². The van der Waals surface area contributed by atoms with Crippen molar-refractivity contribution in [3.8, 4) is 5.75 Å². The third-order valence-corrected chi connectivity index (χ3v) is 4.90. The summed E-state index contributed by atoms with van der Waals surface area (Å²) in [4.78, 5) is 36.1. The second-order valence-electron chi connectivity index (χ2n) is 7.64. The molecular weight excluding hydrogens is 420 g/mol. The van der Waals surface area contributed by atoms with Gasteiger partial charge in [0.1, 0.15) is 11.3 Å². The van der Waals surface area contributed by atoms with Crippen LogP contribution < -0.4 is 9.97 Å². The summed E-state index contributed by atoms with van der Waals surface area (Å²) in [5.74, 6) is -1.60. The predicted molar refractivity (Wildman–Crippen MR) is 109 cm³/mol. The number of ether oxygens (including phenoxy) is 2. The van der Waals surface area contributed by atoms with Crippen LogP contribution in [0.1, 0.15) is 56.5 Å². The molecule has 1 aliphatic rings. The zero-order valence-electron chi connectivity index (χ0n) is 16.8. The average molecular weight is 443 g/mol. The van der Waals surface area contributed by atoms with Gasteiger partial charge in [0, 0.05) is 17.9 Å². The van der Waals surface area contributed by atoms with Crippen molar-refractivity contribution < 1.29 is 28.5 Å². The number of carbonyl (C=O) groups is 3. The van der Waals surface area contributed by atoms with Gasteiger partial charge in [0.15, 0.2) is 0 Å². The van der Waals surface area contributed by atoms with Gasteiger partial charge in [0.25, 0.3) is 0 Å². The molecule has 1 aromatic carbocycles. The monoisotopic (exact) mass is 442 g/mol. The maximum Gasteiger partial charge on any atom is 0.394 e. The lowest BCUT2D eigenvalue weighted by molar-refractivity contribution is -0.161. The zero-order valence-corrected chi connectivity index (χ0v) is 18.3. The third-order valence-electron chi connectivity index (χ3n) is 4.07. The first-order valence-electron chi connectivity index (χ1n) is 9.19. The van der Waals surface area contributed by atoms with Crippen LogP contribution in [0, 0.1) is 5.41 Å². The first-order chi connectivity index (χ1) is 13.5. The van der Waals surface area contributed by atoms with Gasteiger partial charge in [-0.1, -0.05) is 30.1 Å². The molecule has 0 saturated carbocycles. The van der Waals surface area contributed by atoms with Crippen molar-refractivity contribution in [3.05, 3.63) is 27.2 Å². The highest BCUT2D eigenvalue weighted by molar-refractivity contribution is 6.43. The van der Waals surface area contributed by atoms with Crippen LogP contribution in [0.5, 0.6) is 5.75 Å². The summed E-state index contributed by atoms with van der Waals surface area (Å²) in [6, 6.07) is 1.33. The number of amides is 1. The summed E-state index contributed by atoms with van der Waals surface area (Å²) in [6.07, 6.45) is 1.42. The summed E-state index contributed by atoms with van der Waals surface area (Å²) >= 11 is 12.5. The molecule has 29 heavy (non-hydrogen) atoms. The molecule has 7 nitrogen and oxygen atoms in total. The maximum atomic E-state index is 12.5. The number of benzene rings is 1. The van der Waals surface area contributed by atoms with Gasteiger partial charge in [0.05, 0.1) is 15.5 Å². The standard InChI is InChI=1S/C19H23BCl2NO6/c1-5-6-14(24)23-13-8-10-15(22)12(21)7-11(16(10)29-20-13)17(25)27-9-28-18(26)19(2,3)4/h7,13H,5-6,8-9H2,1-4H3,(H,23,24). The van der Waals surface area contributed by atoms with Crippen LogP contribution in [-0.4, -0.2) is 38.1 Å². The summed E-state index contributed by atoms with van der Waals surface area (Å²) in [7, 11) is 1.43. The topological polar surface area (TPSA) is 90.9 Å². The number of nitrogens with one attached hydrogen (secondary N) is 1. The van der Waals surface area contributed by atoms with E-state index in [0.717, 1.165) is 6.42 Å². The van der Waals surface area contributed by atoms with E-state index in [4.69, 9.17) is 37.3 Å². The molecule has 1 aliphatic heterocycles. The summed E-state index contributed by atoms with van der Waals surface area (Å²) < 4.78 is 15.6. The Morgan fingerprint density at radius 2 is 1.97 bits per heavy atom. The summed E-state index contributed by atoms with van der Waals surface area (Å²) in [5, 5.41) is 3.20. The molecule has 1 amide bonds. The average Bonchev–Trinajstić information content (AvgIpc) is 2.64. The molecule has 0 bridgehead atoms. The molecule has 1 unspecified atom stereocenters. The van der Waals surface area contributed by atoms with Gasteiger partial charge in [-0.05, 0) is 39.7 Å². The molecule has 0 aliphatic carbocycles. The van der Waals surface area contributed by atoms with Crippen LogP contribution in [0.3, 0.4) is 0 Å². The molecular formula is C19H23BCl2NO6. The number of fused-ring (bicyclic) bond motifs is 1. The molecule has 1 aromatic rings. The van der Waals surface area contributed by atoms with Crippen molar-refractivity contribution in [2.24, 2.45) is 5.41 Å². The molecule has 0 spiro atoms. The lowest BCUT2D eigenvalue weighted by atomic mass is 9.79. The van der Waals surface area contributed by atoms with Gasteiger partial charge in [-0.3, -0.25) is 9.59 Å². The van der Waals surface area contributed by atoms with E-state index in [1.54, 1.807) is 20.8 Å². The fourth-order valence-corrected chi connectivity index (χ4v) is 3.01. The van der Waals surface area contributed by atoms with E-state index in [9.17, 15) is 14.4 Å². The van der Waals surface area contributed by atoms with E-state index in [1.165, 1.54) is 13.5 Å². The highest BCUT2D eigenvalue weighted by Gasteiger charge is 2.31. The number of carbonyl (C=O) groups excluding carboxylic acids is 3. The van der Waals surface area contributed by atoms with E-state index in [-0.39, 0.29) is 27.3 Å². The van der Waals surface area contributed by atoms with Crippen LogP contribution in [0.4, 0.5) is 0 Å². The van der Waals surface area contributed by atoms with Gasteiger partial charge in [-0.25, -0.2) is 4.79 Å². The van der Waals surface area contributed by atoms with Gasteiger partial charge in [-0.15, -0.1) is 0 Å². The minimum atomic E-state index is -0.775. The van der Waals surface area contributed by atoms with Gasteiger partial charge in [0.2, 0.25) is 12.7 Å². The Hall–Kier alpha value is -1.93. The third kappa shape index (κ3) is 6.03. The van der Waals surface area contributed by atoms with Crippen LogP contribution in [0.25, 0.3) is 0 Å². The predicted octanol–water partition coefficient (Wildman–Crippen LogP) is 3.49. The van der Waals surface area contributed by atoms with Crippen molar-refractivity contribution in [2.75, 3.05) is 6.79 Å². The summed E-state index contributed by atoms with van der Waals surface area (Å²) in [6.45, 7) is 6.43. The largest absolute Gasteiger partial charge is 0.560 e. The molecule has 1 radical (unpaired) electrons. The fourth-order valence-electron chi connectivity index (χ4n) is 2.57. The lowest BCUT2D eigenvalue weighted by Crippen LogP contribution is -2.45. The Morgan fingerprint density at radius 1 is 1.28 bits per heavy atom. The molecule has 0 aromatic heterocycles. The smallest absolute Gasteiger partial charge is 0.394 e. The van der Waals surface area contributed by atoms with Crippen LogP contribution in [-0.2, 0) is 25.5 Å². The minimum absolute atomic E-state index is 0.0517. The van der Waals surface area contributed by atoms with Gasteiger partial charge in [-0.2, -0.15) is 0 Å². The Balaban J connectivity index is 2.13. The van der Waals surface area contributed by atoms with Gasteiger partial charge >= 0.3 is 19.4 Å². The van der Waals surface area contributed by atoms with Crippen molar-refractivity contribution in [1.29, 1.82) is 0 Å². The van der Waals surface area contributed by atoms with Crippen molar-refractivity contribution in [2.45, 2.75) is 52.9 Å². The number of hydrogen-bond acceptors (Lipinski definition) is 6. The quantitative estimate of drug-likeness (QED) is 0.412. The zero-order chi connectivity index (χ0) is 21.8. The molecule has 1 atom stereocenters. The molecule has 157 valence electrons. The second-order valence-corrected chi connectivity index (χ2v) is 8.43. The Bertz CT molecular complexity index is 809. The first-order valence-corrected chi connectivity index (χ1v) is 9.94. The van der Waals surface area contributed by atoms with E-state index in [0.29, 0.717) is 18.4 Å². The molecule has 0 fully saturated rings. The van der Waals surface area contributed by atoms with E-state index in [1.807, 2.05) is 6.92 Å². The number of rotatable bonds is 6. The summed E-state index contributed by atoms with van der Waals surface area (Å²) in [5.41, 5.74) is -0.178. The normalized spacial score (nSPS) is 15.4. The highest BCUT2D eigenvalue weighted by Crippen LogP contribution is 2.39. The molecule has 0 saturated heterocycles. The van der Waals surface area contributed by atoms with Crippen molar-refractivity contribution in [3.63, 3.8) is 0 Å². The van der Waals surface area contributed by atoms with E-state index < -0.39 is 30.1 Å². The number of esters is 2. The lowest BCUT2D eigenvalue weighted by Gasteiger charge is -2.27.